The summed E-state index contributed by atoms with van der Waals surface area (Å²) in [7, 11) is 0. The molecule has 21 heavy (non-hydrogen) atoms. The van der Waals surface area contributed by atoms with Gasteiger partial charge in [0.2, 0.25) is 0 Å². The van der Waals surface area contributed by atoms with Crippen LogP contribution < -0.4 is 0 Å². The summed E-state index contributed by atoms with van der Waals surface area (Å²) in [6.45, 7) is 2.26. The number of carboxylic acids is 1. The first-order valence-corrected chi connectivity index (χ1v) is 9.14. The van der Waals surface area contributed by atoms with E-state index in [0.717, 1.165) is 12.8 Å². The zero-order valence-electron chi connectivity index (χ0n) is 14.1. The van der Waals surface area contributed by atoms with Crippen LogP contribution in [0.1, 0.15) is 103 Å². The Morgan fingerprint density at radius 3 is 1.62 bits per heavy atom. The molecule has 0 aromatic heterocycles. The molecular formula is C19H36O2. The van der Waals surface area contributed by atoms with E-state index in [1.54, 1.807) is 0 Å². The Labute approximate surface area is 132 Å². The highest BCUT2D eigenvalue weighted by atomic mass is 16.4. The number of carboxylic acid groups (broad SMARTS) is 1. The van der Waals surface area contributed by atoms with Gasteiger partial charge in [0.1, 0.15) is 0 Å². The summed E-state index contributed by atoms with van der Waals surface area (Å²) in [5.41, 5.74) is 0. The molecule has 124 valence electrons. The van der Waals surface area contributed by atoms with E-state index in [0.29, 0.717) is 6.42 Å². The van der Waals surface area contributed by atoms with Gasteiger partial charge in [0, 0.05) is 6.42 Å². The third kappa shape index (κ3) is 19.2. The molecule has 0 fully saturated rings. The van der Waals surface area contributed by atoms with Crippen molar-refractivity contribution in [3.8, 4) is 0 Å². The van der Waals surface area contributed by atoms with Crippen molar-refractivity contribution in [2.75, 3.05) is 0 Å². The highest BCUT2D eigenvalue weighted by Crippen LogP contribution is 2.10. The Kier molecular flexibility index (Phi) is 16.6. The number of unbranched alkanes of at least 4 members (excludes halogenated alkanes) is 12. The van der Waals surface area contributed by atoms with Crippen molar-refractivity contribution in [3.63, 3.8) is 0 Å². The van der Waals surface area contributed by atoms with Gasteiger partial charge in [0.25, 0.3) is 0 Å². The average molecular weight is 296 g/mol. The Hall–Kier alpha value is -0.790. The van der Waals surface area contributed by atoms with Crippen LogP contribution >= 0.6 is 0 Å². The number of carbonyl (C=O) groups is 1. The third-order valence-corrected chi connectivity index (χ3v) is 3.90. The lowest BCUT2D eigenvalue weighted by atomic mass is 10.1. The predicted molar refractivity (Wildman–Crippen MR) is 91.7 cm³/mol. The van der Waals surface area contributed by atoms with Gasteiger partial charge in [0.15, 0.2) is 0 Å². The Morgan fingerprint density at radius 1 is 0.714 bits per heavy atom. The molecular weight excluding hydrogens is 260 g/mol. The minimum absolute atomic E-state index is 0.337. The minimum atomic E-state index is -0.660. The van der Waals surface area contributed by atoms with Crippen LogP contribution in [0.25, 0.3) is 0 Å². The summed E-state index contributed by atoms with van der Waals surface area (Å²) in [4.78, 5) is 10.3. The van der Waals surface area contributed by atoms with Crippen LogP contribution in [0.4, 0.5) is 0 Å². The van der Waals surface area contributed by atoms with Gasteiger partial charge in [-0.3, -0.25) is 4.79 Å². The van der Waals surface area contributed by atoms with E-state index >= 15 is 0 Å². The Bertz CT molecular complexity index is 246. The Balaban J connectivity index is 3.06. The second kappa shape index (κ2) is 17.3. The molecule has 0 saturated heterocycles. The van der Waals surface area contributed by atoms with E-state index < -0.39 is 5.97 Å². The molecule has 0 radical (unpaired) electrons. The van der Waals surface area contributed by atoms with Crippen LogP contribution in [0.2, 0.25) is 0 Å². The van der Waals surface area contributed by atoms with E-state index in [4.69, 9.17) is 5.11 Å². The summed E-state index contributed by atoms with van der Waals surface area (Å²) in [5.74, 6) is -0.660. The molecule has 2 nitrogen and oxygen atoms in total. The van der Waals surface area contributed by atoms with Gasteiger partial charge in [0.05, 0.1) is 0 Å². The van der Waals surface area contributed by atoms with Gasteiger partial charge in [-0.1, -0.05) is 76.9 Å². The van der Waals surface area contributed by atoms with E-state index in [1.807, 2.05) is 0 Å². The molecule has 0 rings (SSSR count). The van der Waals surface area contributed by atoms with Gasteiger partial charge in [-0.05, 0) is 32.1 Å². The number of hydrogen-bond acceptors (Lipinski definition) is 1. The number of aliphatic carboxylic acids is 1. The van der Waals surface area contributed by atoms with E-state index in [-0.39, 0.29) is 0 Å². The van der Waals surface area contributed by atoms with Gasteiger partial charge in [-0.2, -0.15) is 0 Å². The van der Waals surface area contributed by atoms with Crippen LogP contribution in [0.5, 0.6) is 0 Å². The van der Waals surface area contributed by atoms with Gasteiger partial charge in [-0.25, -0.2) is 0 Å². The molecule has 0 unspecified atom stereocenters. The summed E-state index contributed by atoms with van der Waals surface area (Å²) in [6, 6.07) is 0. The number of rotatable bonds is 16. The summed E-state index contributed by atoms with van der Waals surface area (Å²) in [5, 5.41) is 8.52. The fraction of sp³-hybridized carbons (Fsp3) is 0.842. The maximum atomic E-state index is 10.3. The molecule has 0 amide bonds. The zero-order valence-corrected chi connectivity index (χ0v) is 14.1. The van der Waals surface area contributed by atoms with Crippen LogP contribution in [0, 0.1) is 0 Å². The predicted octanol–water partition coefficient (Wildman–Crippen LogP) is 6.50. The number of hydrogen-bond donors (Lipinski definition) is 1. The maximum Gasteiger partial charge on any atom is 0.303 e. The SMILES string of the molecule is CCCCCCC/C=C\CCCCCCCCCC(=O)O. The quantitative estimate of drug-likeness (QED) is 0.261. The second-order valence-electron chi connectivity index (χ2n) is 6.08. The van der Waals surface area contributed by atoms with Crippen LogP contribution in [-0.2, 0) is 4.79 Å². The van der Waals surface area contributed by atoms with Gasteiger partial charge in [-0.15, -0.1) is 0 Å². The van der Waals surface area contributed by atoms with Crippen molar-refractivity contribution in [2.24, 2.45) is 0 Å². The minimum Gasteiger partial charge on any atom is -0.481 e. The summed E-state index contributed by atoms with van der Waals surface area (Å²) in [6.07, 6.45) is 22.7. The standard InChI is InChI=1S/C19H36O2/c1-2-3-4-5-6-7-8-9-10-11-12-13-14-15-16-17-18-19(20)21/h8-9H,2-7,10-18H2,1H3,(H,20,21)/b9-8-. The molecule has 0 aliphatic rings. The van der Waals surface area contributed by atoms with Crippen molar-refractivity contribution in [2.45, 2.75) is 103 Å². The number of allylic oxidation sites excluding steroid dienone is 2. The normalized spacial score (nSPS) is 11.3. The molecule has 0 aliphatic heterocycles. The smallest absolute Gasteiger partial charge is 0.303 e. The van der Waals surface area contributed by atoms with E-state index in [2.05, 4.69) is 19.1 Å². The van der Waals surface area contributed by atoms with E-state index in [1.165, 1.54) is 77.0 Å². The molecule has 0 aromatic carbocycles. The van der Waals surface area contributed by atoms with Crippen molar-refractivity contribution in [3.05, 3.63) is 12.2 Å². The monoisotopic (exact) mass is 296 g/mol. The van der Waals surface area contributed by atoms with Crippen LogP contribution in [0.15, 0.2) is 12.2 Å². The van der Waals surface area contributed by atoms with Gasteiger partial charge < -0.3 is 5.11 Å². The van der Waals surface area contributed by atoms with Gasteiger partial charge >= 0.3 is 5.97 Å². The lowest BCUT2D eigenvalue weighted by Crippen LogP contribution is -1.93. The van der Waals surface area contributed by atoms with E-state index in [9.17, 15) is 4.79 Å². The van der Waals surface area contributed by atoms with Crippen LogP contribution in [0.3, 0.4) is 0 Å². The molecule has 0 saturated carbocycles. The first kappa shape index (κ1) is 20.2. The molecule has 0 atom stereocenters. The lowest BCUT2D eigenvalue weighted by Gasteiger charge is -2.00. The van der Waals surface area contributed by atoms with Crippen LogP contribution in [-0.4, -0.2) is 11.1 Å². The Morgan fingerprint density at radius 2 is 1.14 bits per heavy atom. The molecule has 2 heteroatoms. The average Bonchev–Trinajstić information content (AvgIpc) is 2.46. The fourth-order valence-electron chi connectivity index (χ4n) is 2.52. The largest absolute Gasteiger partial charge is 0.481 e. The molecule has 0 aliphatic carbocycles. The topological polar surface area (TPSA) is 37.3 Å². The zero-order chi connectivity index (χ0) is 15.6. The maximum absolute atomic E-state index is 10.3. The van der Waals surface area contributed by atoms with Crippen molar-refractivity contribution < 1.29 is 9.90 Å². The van der Waals surface area contributed by atoms with Crippen molar-refractivity contribution in [1.29, 1.82) is 0 Å². The lowest BCUT2D eigenvalue weighted by molar-refractivity contribution is -0.137. The molecule has 0 heterocycles. The summed E-state index contributed by atoms with van der Waals surface area (Å²) >= 11 is 0. The highest BCUT2D eigenvalue weighted by Gasteiger charge is 1.96. The fourth-order valence-corrected chi connectivity index (χ4v) is 2.52. The van der Waals surface area contributed by atoms with Crippen molar-refractivity contribution in [1.82, 2.24) is 0 Å². The molecule has 1 N–H and O–H groups in total. The summed E-state index contributed by atoms with van der Waals surface area (Å²) < 4.78 is 0. The van der Waals surface area contributed by atoms with Crippen molar-refractivity contribution >= 4 is 5.97 Å². The molecule has 0 aromatic rings. The first-order valence-electron chi connectivity index (χ1n) is 9.14. The molecule has 0 bridgehead atoms. The third-order valence-electron chi connectivity index (χ3n) is 3.90. The molecule has 0 spiro atoms. The highest BCUT2D eigenvalue weighted by molar-refractivity contribution is 5.66. The first-order chi connectivity index (χ1) is 10.3. The second-order valence-corrected chi connectivity index (χ2v) is 6.08.